The predicted molar refractivity (Wildman–Crippen MR) is 46.7 cm³/mol. The van der Waals surface area contributed by atoms with Crippen molar-refractivity contribution >= 4 is 5.78 Å². The number of carbonyl (C=O) groups excluding carboxylic acids is 1. The molecule has 1 aromatic rings. The molecule has 1 rings (SSSR count). The zero-order valence-electron chi connectivity index (χ0n) is 7.74. The van der Waals surface area contributed by atoms with Crippen LogP contribution in [0.2, 0.25) is 0 Å². The zero-order chi connectivity index (χ0) is 9.19. The SMILES string of the molecule is CC(C)(C)C(=O)Cn1cccn1. The van der Waals surface area contributed by atoms with Crippen molar-refractivity contribution in [2.24, 2.45) is 5.41 Å². The smallest absolute Gasteiger partial charge is 0.159 e. The molecule has 0 spiro atoms. The molecule has 66 valence electrons. The Bertz CT molecular complexity index is 257. The highest BCUT2D eigenvalue weighted by atomic mass is 16.1. The summed E-state index contributed by atoms with van der Waals surface area (Å²) in [5.74, 6) is 0.200. The standard InChI is InChI=1S/C9H14N2O/c1-9(2,3)8(12)7-11-6-4-5-10-11/h4-6H,7H2,1-3H3. The van der Waals surface area contributed by atoms with Crippen molar-refractivity contribution in [1.29, 1.82) is 0 Å². The summed E-state index contributed by atoms with van der Waals surface area (Å²) in [4.78, 5) is 11.5. The molecule has 0 fully saturated rings. The predicted octanol–water partition coefficient (Wildman–Crippen LogP) is 1.50. The van der Waals surface area contributed by atoms with E-state index in [0.29, 0.717) is 6.54 Å². The molecular formula is C9H14N2O. The summed E-state index contributed by atoms with van der Waals surface area (Å²) in [6.45, 7) is 6.12. The highest BCUT2D eigenvalue weighted by Gasteiger charge is 2.20. The number of Topliss-reactive ketones (excluding diaryl/α,β-unsaturated/α-hetero) is 1. The van der Waals surface area contributed by atoms with Gasteiger partial charge in [-0.3, -0.25) is 9.48 Å². The average Bonchev–Trinajstić information content (AvgIpc) is 2.37. The van der Waals surface area contributed by atoms with Crippen LogP contribution < -0.4 is 0 Å². The van der Waals surface area contributed by atoms with E-state index >= 15 is 0 Å². The van der Waals surface area contributed by atoms with Crippen molar-refractivity contribution in [2.75, 3.05) is 0 Å². The van der Waals surface area contributed by atoms with Crippen LogP contribution in [0.3, 0.4) is 0 Å². The van der Waals surface area contributed by atoms with Gasteiger partial charge in [-0.15, -0.1) is 0 Å². The zero-order valence-corrected chi connectivity index (χ0v) is 7.74. The molecular weight excluding hydrogens is 152 g/mol. The number of rotatable bonds is 2. The molecule has 1 aromatic heterocycles. The number of ketones is 1. The van der Waals surface area contributed by atoms with Crippen LogP contribution in [0.1, 0.15) is 20.8 Å². The summed E-state index contributed by atoms with van der Waals surface area (Å²) in [6.07, 6.45) is 3.47. The molecule has 3 nitrogen and oxygen atoms in total. The summed E-state index contributed by atoms with van der Waals surface area (Å²) in [5.41, 5.74) is -0.272. The maximum atomic E-state index is 11.5. The third-order valence-electron chi connectivity index (χ3n) is 1.70. The van der Waals surface area contributed by atoms with Gasteiger partial charge in [0.25, 0.3) is 0 Å². The lowest BCUT2D eigenvalue weighted by Crippen LogP contribution is -2.25. The number of nitrogens with zero attached hydrogens (tertiary/aromatic N) is 2. The first-order valence-electron chi connectivity index (χ1n) is 4.01. The summed E-state index contributed by atoms with van der Waals surface area (Å²) in [6, 6.07) is 1.82. The average molecular weight is 166 g/mol. The van der Waals surface area contributed by atoms with Gasteiger partial charge in [-0.2, -0.15) is 5.10 Å². The third-order valence-corrected chi connectivity index (χ3v) is 1.70. The van der Waals surface area contributed by atoms with E-state index in [2.05, 4.69) is 5.10 Å². The fourth-order valence-corrected chi connectivity index (χ4v) is 0.778. The Hall–Kier alpha value is -1.12. The van der Waals surface area contributed by atoms with Gasteiger partial charge in [0, 0.05) is 17.8 Å². The van der Waals surface area contributed by atoms with E-state index in [0.717, 1.165) is 0 Å². The largest absolute Gasteiger partial charge is 0.297 e. The summed E-state index contributed by atoms with van der Waals surface area (Å²) >= 11 is 0. The van der Waals surface area contributed by atoms with Gasteiger partial charge in [-0.05, 0) is 6.07 Å². The highest BCUT2D eigenvalue weighted by molar-refractivity contribution is 5.83. The van der Waals surface area contributed by atoms with Gasteiger partial charge in [0.2, 0.25) is 0 Å². The van der Waals surface area contributed by atoms with Crippen LogP contribution in [-0.2, 0) is 11.3 Å². The van der Waals surface area contributed by atoms with Crippen LogP contribution in [0.4, 0.5) is 0 Å². The fraction of sp³-hybridized carbons (Fsp3) is 0.556. The van der Waals surface area contributed by atoms with Gasteiger partial charge in [-0.25, -0.2) is 0 Å². The normalized spacial score (nSPS) is 11.6. The molecule has 0 unspecified atom stereocenters. The molecule has 0 aliphatic carbocycles. The van der Waals surface area contributed by atoms with Crippen molar-refractivity contribution in [3.8, 4) is 0 Å². The Morgan fingerprint density at radius 2 is 2.17 bits per heavy atom. The van der Waals surface area contributed by atoms with Gasteiger partial charge < -0.3 is 0 Å². The molecule has 1 heterocycles. The second-order valence-electron chi connectivity index (χ2n) is 3.88. The molecule has 3 heteroatoms. The summed E-state index contributed by atoms with van der Waals surface area (Å²) in [7, 11) is 0. The minimum Gasteiger partial charge on any atom is -0.297 e. The first-order valence-corrected chi connectivity index (χ1v) is 4.01. The van der Waals surface area contributed by atoms with Gasteiger partial charge in [-0.1, -0.05) is 20.8 Å². The highest BCUT2D eigenvalue weighted by Crippen LogP contribution is 2.15. The Morgan fingerprint density at radius 3 is 2.58 bits per heavy atom. The van der Waals surface area contributed by atoms with E-state index in [-0.39, 0.29) is 11.2 Å². The van der Waals surface area contributed by atoms with Gasteiger partial charge in [0.15, 0.2) is 5.78 Å². The minimum atomic E-state index is -0.272. The van der Waals surface area contributed by atoms with Crippen LogP contribution in [0.25, 0.3) is 0 Å². The summed E-state index contributed by atoms with van der Waals surface area (Å²) < 4.78 is 1.65. The van der Waals surface area contributed by atoms with E-state index in [1.54, 1.807) is 17.1 Å². The first kappa shape index (κ1) is 8.97. The van der Waals surface area contributed by atoms with Crippen LogP contribution in [0.15, 0.2) is 18.5 Å². The monoisotopic (exact) mass is 166 g/mol. The molecule has 0 N–H and O–H groups in total. The second-order valence-corrected chi connectivity index (χ2v) is 3.88. The van der Waals surface area contributed by atoms with Crippen molar-refractivity contribution in [2.45, 2.75) is 27.3 Å². The fourth-order valence-electron chi connectivity index (χ4n) is 0.778. The molecule has 0 atom stereocenters. The van der Waals surface area contributed by atoms with E-state index in [4.69, 9.17) is 0 Å². The van der Waals surface area contributed by atoms with Gasteiger partial charge in [0.05, 0.1) is 6.54 Å². The lowest BCUT2D eigenvalue weighted by atomic mass is 9.91. The van der Waals surface area contributed by atoms with Crippen LogP contribution in [0.5, 0.6) is 0 Å². The van der Waals surface area contributed by atoms with Gasteiger partial charge >= 0.3 is 0 Å². The van der Waals surface area contributed by atoms with Gasteiger partial charge in [0.1, 0.15) is 0 Å². The topological polar surface area (TPSA) is 34.9 Å². The Morgan fingerprint density at radius 1 is 1.50 bits per heavy atom. The van der Waals surface area contributed by atoms with Crippen molar-refractivity contribution < 1.29 is 4.79 Å². The number of hydrogen-bond donors (Lipinski definition) is 0. The quantitative estimate of drug-likeness (QED) is 0.667. The van der Waals surface area contributed by atoms with Crippen LogP contribution in [-0.4, -0.2) is 15.6 Å². The lowest BCUT2D eigenvalue weighted by molar-refractivity contribution is -0.127. The maximum absolute atomic E-state index is 11.5. The molecule has 0 aliphatic rings. The molecule has 12 heavy (non-hydrogen) atoms. The Kier molecular flexibility index (Phi) is 2.31. The number of carbonyl (C=O) groups is 1. The van der Waals surface area contributed by atoms with Crippen LogP contribution >= 0.6 is 0 Å². The van der Waals surface area contributed by atoms with E-state index < -0.39 is 0 Å². The lowest BCUT2D eigenvalue weighted by Gasteiger charge is -2.15. The molecule has 0 saturated heterocycles. The maximum Gasteiger partial charge on any atom is 0.159 e. The minimum absolute atomic E-state index is 0.200. The van der Waals surface area contributed by atoms with E-state index in [1.165, 1.54) is 0 Å². The molecule has 0 radical (unpaired) electrons. The molecule has 0 aliphatic heterocycles. The number of hydrogen-bond acceptors (Lipinski definition) is 2. The van der Waals surface area contributed by atoms with E-state index in [1.807, 2.05) is 26.8 Å². The van der Waals surface area contributed by atoms with Crippen molar-refractivity contribution in [1.82, 2.24) is 9.78 Å². The third kappa shape index (κ3) is 2.19. The molecule has 0 amide bonds. The van der Waals surface area contributed by atoms with Crippen LogP contribution in [0, 0.1) is 5.41 Å². The van der Waals surface area contributed by atoms with E-state index in [9.17, 15) is 4.79 Å². The second kappa shape index (κ2) is 3.09. The molecule has 0 aromatic carbocycles. The summed E-state index contributed by atoms with van der Waals surface area (Å²) in [5, 5.41) is 3.97. The Labute approximate surface area is 72.4 Å². The first-order chi connectivity index (χ1) is 5.50. The number of aromatic nitrogens is 2. The van der Waals surface area contributed by atoms with Crippen molar-refractivity contribution in [3.63, 3.8) is 0 Å². The molecule has 0 saturated carbocycles. The Balaban J connectivity index is 2.60. The van der Waals surface area contributed by atoms with Crippen molar-refractivity contribution in [3.05, 3.63) is 18.5 Å². The molecule has 0 bridgehead atoms.